The van der Waals surface area contributed by atoms with Crippen LogP contribution < -0.4 is 0 Å². The molecular weight excluding hydrogens is 268 g/mol. The van der Waals surface area contributed by atoms with Gasteiger partial charge in [-0.2, -0.15) is 0 Å². The van der Waals surface area contributed by atoms with E-state index >= 15 is 0 Å². The van der Waals surface area contributed by atoms with E-state index in [9.17, 15) is 9.59 Å². The molecule has 0 aromatic heterocycles. The van der Waals surface area contributed by atoms with E-state index in [0.717, 1.165) is 19.4 Å². The summed E-state index contributed by atoms with van der Waals surface area (Å²) in [5, 5.41) is 9.10. The summed E-state index contributed by atoms with van der Waals surface area (Å²) in [6.45, 7) is 2.13. The lowest BCUT2D eigenvalue weighted by Crippen LogP contribution is -2.51. The van der Waals surface area contributed by atoms with E-state index in [-0.39, 0.29) is 6.03 Å². The number of piperidine rings is 1. The molecule has 2 rings (SSSR count). The maximum Gasteiger partial charge on any atom is 0.327 e. The molecule has 108 valence electrons. The average Bonchev–Trinajstić information content (AvgIpc) is 2.88. The summed E-state index contributed by atoms with van der Waals surface area (Å²) >= 11 is 1.50. The van der Waals surface area contributed by atoms with Gasteiger partial charge in [-0.1, -0.05) is 0 Å². The van der Waals surface area contributed by atoms with Gasteiger partial charge in [0.15, 0.2) is 0 Å². The zero-order chi connectivity index (χ0) is 13.8. The van der Waals surface area contributed by atoms with Gasteiger partial charge in [-0.3, -0.25) is 0 Å². The maximum absolute atomic E-state index is 12.3. The van der Waals surface area contributed by atoms with Gasteiger partial charge in [0, 0.05) is 32.6 Å². The highest BCUT2D eigenvalue weighted by Crippen LogP contribution is 2.25. The first-order valence-corrected chi connectivity index (χ1v) is 7.64. The number of rotatable bonds is 3. The molecule has 2 fully saturated rings. The van der Waals surface area contributed by atoms with Crippen LogP contribution in [-0.2, 0) is 9.53 Å². The normalized spacial score (nSPS) is 24.8. The van der Waals surface area contributed by atoms with Crippen LogP contribution in [0.3, 0.4) is 0 Å². The monoisotopic (exact) mass is 288 g/mol. The third-order valence-corrected chi connectivity index (χ3v) is 4.71. The Balaban J connectivity index is 1.89. The Morgan fingerprint density at radius 1 is 1.37 bits per heavy atom. The summed E-state index contributed by atoms with van der Waals surface area (Å²) in [7, 11) is 1.69. The van der Waals surface area contributed by atoms with Gasteiger partial charge in [0.05, 0.1) is 5.88 Å². The molecule has 0 bridgehead atoms. The van der Waals surface area contributed by atoms with Crippen LogP contribution in [-0.4, -0.2) is 71.4 Å². The number of ether oxygens (including phenoxy) is 1. The lowest BCUT2D eigenvalue weighted by Gasteiger charge is -2.35. The van der Waals surface area contributed by atoms with Crippen molar-refractivity contribution in [2.75, 3.05) is 38.4 Å². The molecule has 2 saturated heterocycles. The number of urea groups is 1. The van der Waals surface area contributed by atoms with Crippen molar-refractivity contribution >= 4 is 23.8 Å². The Labute approximate surface area is 117 Å². The van der Waals surface area contributed by atoms with Crippen molar-refractivity contribution < 1.29 is 19.4 Å². The molecule has 0 aromatic rings. The summed E-state index contributed by atoms with van der Waals surface area (Å²) in [5.74, 6) is 0.569. The number of hydrogen-bond acceptors (Lipinski definition) is 4. The Morgan fingerprint density at radius 3 is 2.63 bits per heavy atom. The van der Waals surface area contributed by atoms with Gasteiger partial charge in [-0.15, -0.1) is 11.8 Å². The Hall–Kier alpha value is -0.950. The molecule has 6 nitrogen and oxygen atoms in total. The molecule has 2 heterocycles. The largest absolute Gasteiger partial charge is 0.480 e. The fourth-order valence-corrected chi connectivity index (χ4v) is 3.68. The smallest absolute Gasteiger partial charge is 0.327 e. The molecule has 1 atom stereocenters. The van der Waals surface area contributed by atoms with Gasteiger partial charge in [-0.05, 0) is 18.8 Å². The number of carboxylic acid groups (broad SMARTS) is 1. The molecule has 2 aliphatic rings. The van der Waals surface area contributed by atoms with E-state index < -0.39 is 12.0 Å². The van der Waals surface area contributed by atoms with Crippen LogP contribution in [0, 0.1) is 5.92 Å². The molecule has 0 spiro atoms. The third-order valence-electron chi connectivity index (χ3n) is 3.70. The molecule has 0 unspecified atom stereocenters. The molecule has 7 heteroatoms. The molecular formula is C12H20N2O4S. The van der Waals surface area contributed by atoms with E-state index in [1.807, 2.05) is 0 Å². The fourth-order valence-electron chi connectivity index (χ4n) is 2.54. The molecule has 2 amide bonds. The van der Waals surface area contributed by atoms with Crippen molar-refractivity contribution in [1.29, 1.82) is 0 Å². The Morgan fingerprint density at radius 2 is 2.05 bits per heavy atom. The van der Waals surface area contributed by atoms with Crippen LogP contribution in [0.25, 0.3) is 0 Å². The molecule has 1 N–H and O–H groups in total. The summed E-state index contributed by atoms with van der Waals surface area (Å²) in [6, 6.07) is -0.803. The van der Waals surface area contributed by atoms with Crippen molar-refractivity contribution in [2.45, 2.75) is 18.9 Å². The summed E-state index contributed by atoms with van der Waals surface area (Å²) in [6.07, 6.45) is 1.86. The minimum atomic E-state index is -0.910. The SMILES string of the molecule is COCC1CCN(C(=O)N2CSC[C@H]2C(=O)O)CC1. The van der Waals surface area contributed by atoms with Crippen LogP contribution in [0.1, 0.15) is 12.8 Å². The second-order valence-corrected chi connectivity index (χ2v) is 5.99. The lowest BCUT2D eigenvalue weighted by molar-refractivity contribution is -0.141. The standard InChI is InChI=1S/C12H20N2O4S/c1-18-6-9-2-4-13(5-3-9)12(17)14-8-19-7-10(14)11(15)16/h9-10H,2-8H2,1H3,(H,15,16)/t10-/m0/s1. The van der Waals surface area contributed by atoms with Crippen LogP contribution in [0.5, 0.6) is 0 Å². The number of carboxylic acids is 1. The summed E-state index contributed by atoms with van der Waals surface area (Å²) in [5.41, 5.74) is 0. The number of carbonyl (C=O) groups is 2. The zero-order valence-corrected chi connectivity index (χ0v) is 11.9. The number of hydrogen-bond donors (Lipinski definition) is 1. The van der Waals surface area contributed by atoms with Crippen molar-refractivity contribution in [2.24, 2.45) is 5.92 Å². The fraction of sp³-hybridized carbons (Fsp3) is 0.833. The van der Waals surface area contributed by atoms with E-state index in [0.29, 0.717) is 30.6 Å². The van der Waals surface area contributed by atoms with Crippen LogP contribution >= 0.6 is 11.8 Å². The first-order valence-electron chi connectivity index (χ1n) is 6.48. The number of aliphatic carboxylic acids is 1. The van der Waals surface area contributed by atoms with Gasteiger partial charge < -0.3 is 19.6 Å². The van der Waals surface area contributed by atoms with Crippen molar-refractivity contribution in [3.63, 3.8) is 0 Å². The second kappa shape index (κ2) is 6.47. The van der Waals surface area contributed by atoms with Crippen LogP contribution in [0.2, 0.25) is 0 Å². The Kier molecular flexibility index (Phi) is 4.93. The van der Waals surface area contributed by atoms with E-state index in [1.54, 1.807) is 12.0 Å². The maximum atomic E-state index is 12.3. The van der Waals surface area contributed by atoms with Crippen molar-refractivity contribution in [3.05, 3.63) is 0 Å². The number of methoxy groups -OCH3 is 1. The summed E-state index contributed by atoms with van der Waals surface area (Å²) in [4.78, 5) is 26.7. The van der Waals surface area contributed by atoms with E-state index in [2.05, 4.69) is 0 Å². The van der Waals surface area contributed by atoms with Crippen molar-refractivity contribution in [1.82, 2.24) is 9.80 Å². The van der Waals surface area contributed by atoms with Crippen LogP contribution in [0.4, 0.5) is 4.79 Å². The van der Waals surface area contributed by atoms with Gasteiger partial charge in [0.25, 0.3) is 0 Å². The van der Waals surface area contributed by atoms with Gasteiger partial charge >= 0.3 is 12.0 Å². The first kappa shape index (κ1) is 14.5. The quantitative estimate of drug-likeness (QED) is 0.836. The summed E-state index contributed by atoms with van der Waals surface area (Å²) < 4.78 is 5.13. The number of amides is 2. The number of thioether (sulfide) groups is 1. The third kappa shape index (κ3) is 3.33. The highest BCUT2D eigenvalue weighted by Gasteiger charge is 2.37. The molecule has 0 aromatic carbocycles. The molecule has 0 saturated carbocycles. The molecule has 0 radical (unpaired) electrons. The average molecular weight is 288 g/mol. The molecule has 2 aliphatic heterocycles. The van der Waals surface area contributed by atoms with Crippen molar-refractivity contribution in [3.8, 4) is 0 Å². The number of likely N-dealkylation sites (tertiary alicyclic amines) is 1. The van der Waals surface area contributed by atoms with Gasteiger partial charge in [0.2, 0.25) is 0 Å². The number of carbonyl (C=O) groups excluding carboxylic acids is 1. The minimum Gasteiger partial charge on any atom is -0.480 e. The lowest BCUT2D eigenvalue weighted by atomic mass is 9.98. The predicted molar refractivity (Wildman–Crippen MR) is 72.2 cm³/mol. The predicted octanol–water partition coefficient (Wildman–Crippen LogP) is 0.924. The second-order valence-electron chi connectivity index (χ2n) is 4.99. The van der Waals surface area contributed by atoms with Gasteiger partial charge in [-0.25, -0.2) is 9.59 Å². The Bertz CT molecular complexity index is 345. The first-order chi connectivity index (χ1) is 9.13. The topological polar surface area (TPSA) is 70.1 Å². The zero-order valence-electron chi connectivity index (χ0n) is 11.1. The van der Waals surface area contributed by atoms with Gasteiger partial charge in [0.1, 0.15) is 6.04 Å². The van der Waals surface area contributed by atoms with E-state index in [4.69, 9.17) is 9.84 Å². The number of nitrogens with zero attached hydrogens (tertiary/aromatic N) is 2. The highest BCUT2D eigenvalue weighted by molar-refractivity contribution is 7.99. The minimum absolute atomic E-state index is 0.131. The highest BCUT2D eigenvalue weighted by atomic mass is 32.2. The van der Waals surface area contributed by atoms with E-state index in [1.165, 1.54) is 16.7 Å². The molecule has 19 heavy (non-hydrogen) atoms. The molecule has 0 aliphatic carbocycles. The van der Waals surface area contributed by atoms with Crippen LogP contribution in [0.15, 0.2) is 0 Å².